The highest BCUT2D eigenvalue weighted by atomic mass is 16.2. The summed E-state index contributed by atoms with van der Waals surface area (Å²) < 4.78 is 3.94. The summed E-state index contributed by atoms with van der Waals surface area (Å²) in [5.74, 6) is 0.599. The molecule has 1 aliphatic carbocycles. The minimum atomic E-state index is 0.151. The Balaban J connectivity index is 1.54. The number of hydrogen-bond acceptors (Lipinski definition) is 3. The van der Waals surface area contributed by atoms with Crippen LogP contribution in [0.15, 0.2) is 24.9 Å². The zero-order valence-electron chi connectivity index (χ0n) is 15.0. The Labute approximate surface area is 148 Å². The van der Waals surface area contributed by atoms with Crippen molar-refractivity contribution in [1.82, 2.24) is 24.2 Å². The molecule has 2 aromatic heterocycles. The van der Waals surface area contributed by atoms with Gasteiger partial charge in [-0.2, -0.15) is 5.10 Å². The number of imidazole rings is 1. The van der Waals surface area contributed by atoms with Crippen LogP contribution in [-0.4, -0.2) is 43.2 Å². The summed E-state index contributed by atoms with van der Waals surface area (Å²) in [6, 6.07) is 0.329. The van der Waals surface area contributed by atoms with Crippen molar-refractivity contribution in [3.05, 3.63) is 36.2 Å². The summed E-state index contributed by atoms with van der Waals surface area (Å²) in [5.41, 5.74) is 1.85. The lowest BCUT2D eigenvalue weighted by molar-refractivity contribution is 0.0677. The fourth-order valence-corrected chi connectivity index (χ4v) is 4.39. The van der Waals surface area contributed by atoms with Crippen molar-refractivity contribution < 1.29 is 4.79 Å². The maximum atomic E-state index is 13.2. The minimum absolute atomic E-state index is 0.151. The van der Waals surface area contributed by atoms with Crippen molar-refractivity contribution >= 4 is 5.91 Å². The monoisotopic (exact) mass is 341 g/mol. The predicted octanol–water partition coefficient (Wildman–Crippen LogP) is 3.14. The van der Waals surface area contributed by atoms with Crippen LogP contribution in [0.5, 0.6) is 0 Å². The van der Waals surface area contributed by atoms with E-state index < -0.39 is 0 Å². The molecule has 0 bridgehead atoms. The number of carbonyl (C=O) groups is 1. The third-order valence-corrected chi connectivity index (χ3v) is 5.71. The molecule has 2 fully saturated rings. The Morgan fingerprint density at radius 3 is 2.76 bits per heavy atom. The summed E-state index contributed by atoms with van der Waals surface area (Å²) in [6.45, 7) is 1.59. The maximum absolute atomic E-state index is 13.2. The lowest BCUT2D eigenvalue weighted by atomic mass is 9.85. The van der Waals surface area contributed by atoms with E-state index in [1.165, 1.54) is 19.3 Å². The normalized spacial score (nSPS) is 22.3. The number of hydrogen-bond donors (Lipinski definition) is 0. The van der Waals surface area contributed by atoms with E-state index >= 15 is 0 Å². The van der Waals surface area contributed by atoms with Gasteiger partial charge in [0.25, 0.3) is 5.91 Å². The highest BCUT2D eigenvalue weighted by molar-refractivity contribution is 5.95. The van der Waals surface area contributed by atoms with Gasteiger partial charge in [0.1, 0.15) is 0 Å². The molecule has 1 saturated heterocycles. The molecule has 134 valence electrons. The molecule has 0 unspecified atom stereocenters. The second-order valence-corrected chi connectivity index (χ2v) is 7.49. The van der Waals surface area contributed by atoms with Crippen LogP contribution in [0.25, 0.3) is 0 Å². The summed E-state index contributed by atoms with van der Waals surface area (Å²) in [4.78, 5) is 19.4. The third-order valence-electron chi connectivity index (χ3n) is 5.71. The van der Waals surface area contributed by atoms with Crippen LogP contribution in [0.4, 0.5) is 0 Å². The van der Waals surface area contributed by atoms with E-state index in [4.69, 9.17) is 0 Å². The van der Waals surface area contributed by atoms with Gasteiger partial charge < -0.3 is 9.47 Å². The van der Waals surface area contributed by atoms with E-state index in [2.05, 4.69) is 14.6 Å². The number of aryl methyl sites for hydroxylation is 1. The quantitative estimate of drug-likeness (QED) is 0.862. The highest BCUT2D eigenvalue weighted by Crippen LogP contribution is 2.34. The molecule has 6 heteroatoms. The highest BCUT2D eigenvalue weighted by Gasteiger charge is 2.30. The first-order valence-corrected chi connectivity index (χ1v) is 9.52. The maximum Gasteiger partial charge on any atom is 0.257 e. The van der Waals surface area contributed by atoms with E-state index in [-0.39, 0.29) is 5.91 Å². The second-order valence-electron chi connectivity index (χ2n) is 7.49. The molecule has 0 radical (unpaired) electrons. The van der Waals surface area contributed by atoms with Crippen molar-refractivity contribution in [3.63, 3.8) is 0 Å². The number of nitrogens with zero attached hydrogens (tertiary/aromatic N) is 5. The lowest BCUT2D eigenvalue weighted by Crippen LogP contribution is -2.40. The fraction of sp³-hybridized carbons (Fsp3) is 0.632. The van der Waals surface area contributed by atoms with Gasteiger partial charge in [0.2, 0.25) is 0 Å². The first-order chi connectivity index (χ1) is 12.2. The van der Waals surface area contributed by atoms with Crippen LogP contribution in [0, 0.1) is 0 Å². The molecule has 1 saturated carbocycles. The van der Waals surface area contributed by atoms with E-state index in [0.29, 0.717) is 12.0 Å². The third kappa shape index (κ3) is 3.34. The molecule has 6 nitrogen and oxygen atoms in total. The molecular formula is C19H27N5O. The van der Waals surface area contributed by atoms with E-state index in [9.17, 15) is 4.79 Å². The molecule has 25 heavy (non-hydrogen) atoms. The summed E-state index contributed by atoms with van der Waals surface area (Å²) in [5, 5.41) is 4.67. The Morgan fingerprint density at radius 2 is 2.00 bits per heavy atom. The summed E-state index contributed by atoms with van der Waals surface area (Å²) >= 11 is 0. The number of rotatable bonds is 3. The first-order valence-electron chi connectivity index (χ1n) is 9.52. The van der Waals surface area contributed by atoms with Crippen LogP contribution < -0.4 is 0 Å². The lowest BCUT2D eigenvalue weighted by Gasteiger charge is -2.33. The molecule has 2 aromatic rings. The smallest absolute Gasteiger partial charge is 0.257 e. The Hall–Kier alpha value is -2.11. The average Bonchev–Trinajstić information content (AvgIpc) is 3.32. The molecule has 2 aliphatic rings. The number of likely N-dealkylation sites (tertiary alicyclic amines) is 1. The van der Waals surface area contributed by atoms with Gasteiger partial charge in [0.05, 0.1) is 23.6 Å². The Bertz CT molecular complexity index is 714. The molecule has 1 amide bonds. The Kier molecular flexibility index (Phi) is 4.59. The molecule has 1 aliphatic heterocycles. The standard InChI is InChI=1S/C19H27N5O/c1-22-13-17(18(21-22)15-6-3-2-4-7-15)19(25)23-10-5-8-16(12-23)24-11-9-20-14-24/h9,11,13-16H,2-8,10,12H2,1H3/t16-/m1/s1. The largest absolute Gasteiger partial charge is 0.336 e. The Morgan fingerprint density at radius 1 is 1.16 bits per heavy atom. The van der Waals surface area contributed by atoms with Gasteiger partial charge in [-0.25, -0.2) is 4.98 Å². The molecular weight excluding hydrogens is 314 g/mol. The van der Waals surface area contributed by atoms with Gasteiger partial charge >= 0.3 is 0 Å². The van der Waals surface area contributed by atoms with Crippen molar-refractivity contribution in [3.8, 4) is 0 Å². The predicted molar refractivity (Wildman–Crippen MR) is 95.4 cm³/mol. The van der Waals surface area contributed by atoms with Gasteiger partial charge in [-0.15, -0.1) is 0 Å². The zero-order valence-corrected chi connectivity index (χ0v) is 15.0. The van der Waals surface area contributed by atoms with Crippen LogP contribution in [0.2, 0.25) is 0 Å². The number of amides is 1. The molecule has 3 heterocycles. The van der Waals surface area contributed by atoms with Crippen molar-refractivity contribution in [2.24, 2.45) is 7.05 Å². The van der Waals surface area contributed by atoms with Crippen molar-refractivity contribution in [2.75, 3.05) is 13.1 Å². The summed E-state index contributed by atoms with van der Waals surface area (Å²) in [7, 11) is 1.92. The second kappa shape index (κ2) is 7.02. The van der Waals surface area contributed by atoms with Crippen LogP contribution in [0.1, 0.15) is 73.0 Å². The fourth-order valence-electron chi connectivity index (χ4n) is 4.39. The molecule has 0 N–H and O–H groups in total. The van der Waals surface area contributed by atoms with Crippen LogP contribution in [-0.2, 0) is 7.05 Å². The number of aromatic nitrogens is 4. The topological polar surface area (TPSA) is 56.0 Å². The van der Waals surface area contributed by atoms with Crippen molar-refractivity contribution in [1.29, 1.82) is 0 Å². The van der Waals surface area contributed by atoms with Gasteiger partial charge in [-0.3, -0.25) is 9.48 Å². The van der Waals surface area contributed by atoms with E-state index in [1.807, 2.05) is 41.5 Å². The molecule has 0 aromatic carbocycles. The first kappa shape index (κ1) is 16.4. The summed E-state index contributed by atoms with van der Waals surface area (Å²) in [6.07, 6.45) is 15.9. The van der Waals surface area contributed by atoms with Gasteiger partial charge in [-0.1, -0.05) is 19.3 Å². The van der Waals surface area contributed by atoms with Gasteiger partial charge in [-0.05, 0) is 25.7 Å². The molecule has 4 rings (SSSR count). The number of piperidine rings is 1. The molecule has 0 spiro atoms. The van der Waals surface area contributed by atoms with Crippen molar-refractivity contribution in [2.45, 2.75) is 56.9 Å². The van der Waals surface area contributed by atoms with Gasteiger partial charge in [0, 0.05) is 44.6 Å². The van der Waals surface area contributed by atoms with Crippen LogP contribution >= 0.6 is 0 Å². The van der Waals surface area contributed by atoms with E-state index in [1.54, 1.807) is 0 Å². The van der Waals surface area contributed by atoms with Crippen LogP contribution in [0.3, 0.4) is 0 Å². The van der Waals surface area contributed by atoms with Gasteiger partial charge in [0.15, 0.2) is 0 Å². The zero-order chi connectivity index (χ0) is 17.2. The minimum Gasteiger partial charge on any atom is -0.336 e. The average molecular weight is 341 g/mol. The SMILES string of the molecule is Cn1cc(C(=O)N2CCC[C@@H](n3ccnc3)C2)c(C2CCCCC2)n1. The van der Waals surface area contributed by atoms with E-state index in [0.717, 1.165) is 50.0 Å². The number of carbonyl (C=O) groups excluding carboxylic acids is 1. The molecule has 1 atom stereocenters.